The van der Waals surface area contributed by atoms with Crippen molar-refractivity contribution in [1.29, 1.82) is 0 Å². The van der Waals surface area contributed by atoms with Crippen LogP contribution in [0.4, 0.5) is 0 Å². The molecule has 2 fully saturated rings. The van der Waals surface area contributed by atoms with E-state index in [4.69, 9.17) is 18.9 Å². The van der Waals surface area contributed by atoms with Crippen LogP contribution in [0, 0.1) is 5.41 Å². The molecule has 1 spiro atoms. The molecule has 4 heteroatoms. The van der Waals surface area contributed by atoms with Crippen LogP contribution in [-0.2, 0) is 18.9 Å². The highest BCUT2D eigenvalue weighted by Gasteiger charge is 2.41. The summed E-state index contributed by atoms with van der Waals surface area (Å²) in [5.74, 6) is 0.589. The van der Waals surface area contributed by atoms with Crippen molar-refractivity contribution < 1.29 is 18.9 Å². The third-order valence-corrected chi connectivity index (χ3v) is 2.58. The van der Waals surface area contributed by atoms with Gasteiger partial charge < -0.3 is 18.9 Å². The van der Waals surface area contributed by atoms with Crippen molar-refractivity contribution in [2.75, 3.05) is 26.4 Å². The van der Waals surface area contributed by atoms with E-state index in [1.54, 1.807) is 6.08 Å². The molecule has 0 atom stereocenters. The number of allylic oxidation sites excluding steroid dienone is 1. The molecule has 2 aliphatic rings. The number of hydrogen-bond donors (Lipinski definition) is 0. The van der Waals surface area contributed by atoms with Crippen LogP contribution in [0.1, 0.15) is 6.92 Å². The van der Waals surface area contributed by atoms with Crippen molar-refractivity contribution in [3.8, 4) is 0 Å². The predicted molar refractivity (Wildman–Crippen MR) is 54.0 cm³/mol. The Balaban J connectivity index is 1.91. The van der Waals surface area contributed by atoms with E-state index in [0.717, 1.165) is 0 Å². The zero-order valence-corrected chi connectivity index (χ0v) is 8.90. The highest BCUT2D eigenvalue weighted by atomic mass is 16.7. The van der Waals surface area contributed by atoms with Crippen LogP contribution in [0.2, 0.25) is 0 Å². The van der Waals surface area contributed by atoms with E-state index in [2.05, 4.69) is 6.58 Å². The van der Waals surface area contributed by atoms with Gasteiger partial charge in [-0.25, -0.2) is 0 Å². The Morgan fingerprint density at radius 3 is 2.27 bits per heavy atom. The van der Waals surface area contributed by atoms with Gasteiger partial charge in [-0.05, 0) is 19.1 Å². The lowest BCUT2D eigenvalue weighted by Crippen LogP contribution is -2.49. The van der Waals surface area contributed by atoms with Crippen molar-refractivity contribution in [3.05, 3.63) is 24.7 Å². The summed E-state index contributed by atoms with van der Waals surface area (Å²) >= 11 is 0. The maximum absolute atomic E-state index is 5.47. The quantitative estimate of drug-likeness (QED) is 0.616. The van der Waals surface area contributed by atoms with Gasteiger partial charge in [0.25, 0.3) is 5.95 Å². The van der Waals surface area contributed by atoms with Crippen LogP contribution in [0.15, 0.2) is 24.7 Å². The van der Waals surface area contributed by atoms with Gasteiger partial charge in [-0.1, -0.05) is 6.58 Å². The Morgan fingerprint density at radius 1 is 1.20 bits per heavy atom. The van der Waals surface area contributed by atoms with E-state index in [1.807, 2.05) is 13.0 Å². The molecule has 84 valence electrons. The molecule has 0 radical (unpaired) electrons. The van der Waals surface area contributed by atoms with Crippen LogP contribution in [0.3, 0.4) is 0 Å². The summed E-state index contributed by atoms with van der Waals surface area (Å²) in [5.41, 5.74) is -0.161. The second-order valence-corrected chi connectivity index (χ2v) is 3.91. The fourth-order valence-electron chi connectivity index (χ4n) is 1.61. The molecule has 0 amide bonds. The molecule has 0 aromatic heterocycles. The first-order chi connectivity index (χ1) is 7.28. The zero-order valence-electron chi connectivity index (χ0n) is 8.90. The van der Waals surface area contributed by atoms with E-state index in [-0.39, 0.29) is 11.7 Å². The maximum Gasteiger partial charge on any atom is 0.274 e. The molecule has 2 aliphatic heterocycles. The topological polar surface area (TPSA) is 36.9 Å². The summed E-state index contributed by atoms with van der Waals surface area (Å²) in [4.78, 5) is 0. The van der Waals surface area contributed by atoms with Crippen molar-refractivity contribution >= 4 is 0 Å². The smallest absolute Gasteiger partial charge is 0.274 e. The normalized spacial score (nSPS) is 35.5. The predicted octanol–water partition coefficient (Wildman–Crippen LogP) is 1.44. The summed E-state index contributed by atoms with van der Waals surface area (Å²) < 4.78 is 21.8. The molecule has 2 heterocycles. The number of hydrogen-bond acceptors (Lipinski definition) is 4. The molecule has 2 saturated heterocycles. The molecule has 0 unspecified atom stereocenters. The van der Waals surface area contributed by atoms with E-state index < -0.39 is 0 Å². The Labute approximate surface area is 89.5 Å². The van der Waals surface area contributed by atoms with Crippen LogP contribution in [0.5, 0.6) is 0 Å². The average Bonchev–Trinajstić information content (AvgIpc) is 2.31. The summed E-state index contributed by atoms with van der Waals surface area (Å²) in [7, 11) is 0. The summed E-state index contributed by atoms with van der Waals surface area (Å²) in [6.07, 6.45) is 3.16. The third-order valence-electron chi connectivity index (χ3n) is 2.58. The Kier molecular flexibility index (Phi) is 2.98. The summed E-state index contributed by atoms with van der Waals surface area (Å²) in [5, 5.41) is 0. The van der Waals surface area contributed by atoms with Gasteiger partial charge in [-0.15, -0.1) is 0 Å². The van der Waals surface area contributed by atoms with Crippen molar-refractivity contribution in [1.82, 2.24) is 0 Å². The first-order valence-corrected chi connectivity index (χ1v) is 5.06. The molecular formula is C11H16O4. The molecular weight excluding hydrogens is 196 g/mol. The molecule has 15 heavy (non-hydrogen) atoms. The number of rotatable bonds is 1. The molecule has 4 nitrogen and oxygen atoms in total. The molecule has 0 aromatic carbocycles. The first kappa shape index (κ1) is 10.5. The fraction of sp³-hybridized carbons (Fsp3) is 0.636. The summed E-state index contributed by atoms with van der Waals surface area (Å²) in [6.45, 7) is 7.83. The van der Waals surface area contributed by atoms with Crippen LogP contribution >= 0.6 is 0 Å². The molecule has 2 rings (SSSR count). The Morgan fingerprint density at radius 2 is 1.80 bits per heavy atom. The zero-order chi connectivity index (χ0) is 10.7. The van der Waals surface area contributed by atoms with Gasteiger partial charge in [-0.3, -0.25) is 0 Å². The van der Waals surface area contributed by atoms with Gasteiger partial charge in [-0.2, -0.15) is 0 Å². The van der Waals surface area contributed by atoms with Crippen molar-refractivity contribution in [2.45, 2.75) is 13.2 Å². The Hall–Kier alpha value is -1.00. The van der Waals surface area contributed by atoms with E-state index in [0.29, 0.717) is 32.4 Å². The minimum atomic E-state index is -0.293. The van der Waals surface area contributed by atoms with Gasteiger partial charge in [0.05, 0.1) is 18.6 Å². The minimum absolute atomic E-state index is 0.161. The van der Waals surface area contributed by atoms with Gasteiger partial charge in [0, 0.05) is 0 Å². The monoisotopic (exact) mass is 212 g/mol. The third kappa shape index (κ3) is 2.16. The molecule has 0 saturated carbocycles. The first-order valence-electron chi connectivity index (χ1n) is 5.06. The van der Waals surface area contributed by atoms with E-state index in [9.17, 15) is 0 Å². The van der Waals surface area contributed by atoms with Crippen molar-refractivity contribution in [2.24, 2.45) is 5.41 Å². The molecule has 0 aliphatic carbocycles. The highest BCUT2D eigenvalue weighted by molar-refractivity contribution is 4.92. The molecule has 0 N–H and O–H groups in total. The SMILES string of the molecule is C=CC1OCC2(COC(=CC)OC2)CO1. The number of ether oxygens (including phenoxy) is 4. The van der Waals surface area contributed by atoms with Gasteiger partial charge in [0.1, 0.15) is 13.2 Å². The molecule has 0 bridgehead atoms. The summed E-state index contributed by atoms with van der Waals surface area (Å²) in [6, 6.07) is 0. The molecule has 0 aromatic rings. The maximum atomic E-state index is 5.47. The largest absolute Gasteiger partial charge is 0.465 e. The van der Waals surface area contributed by atoms with Gasteiger partial charge in [0.2, 0.25) is 0 Å². The van der Waals surface area contributed by atoms with Gasteiger partial charge >= 0.3 is 0 Å². The fourth-order valence-corrected chi connectivity index (χ4v) is 1.61. The van der Waals surface area contributed by atoms with E-state index >= 15 is 0 Å². The van der Waals surface area contributed by atoms with Crippen molar-refractivity contribution in [3.63, 3.8) is 0 Å². The highest BCUT2D eigenvalue weighted by Crippen LogP contribution is 2.31. The van der Waals surface area contributed by atoms with Crippen LogP contribution in [-0.4, -0.2) is 32.7 Å². The van der Waals surface area contributed by atoms with Crippen LogP contribution in [0.25, 0.3) is 0 Å². The minimum Gasteiger partial charge on any atom is -0.465 e. The lowest BCUT2D eigenvalue weighted by molar-refractivity contribution is -0.247. The Bertz CT molecular complexity index is 252. The standard InChI is InChI=1S/C11H16O4/c1-3-9-12-5-11(6-13-9)7-14-10(4-2)15-8-11/h3-4,9H,1,5-8H2,2H3. The van der Waals surface area contributed by atoms with Gasteiger partial charge in [0.15, 0.2) is 6.29 Å². The second-order valence-electron chi connectivity index (χ2n) is 3.91. The van der Waals surface area contributed by atoms with Crippen LogP contribution < -0.4 is 0 Å². The average molecular weight is 212 g/mol. The second kappa shape index (κ2) is 4.24. The lowest BCUT2D eigenvalue weighted by Gasteiger charge is -2.41. The lowest BCUT2D eigenvalue weighted by atomic mass is 9.91. The van der Waals surface area contributed by atoms with E-state index in [1.165, 1.54) is 0 Å².